The van der Waals surface area contributed by atoms with E-state index in [0.29, 0.717) is 19.7 Å². The van der Waals surface area contributed by atoms with E-state index in [-0.39, 0.29) is 0 Å². The van der Waals surface area contributed by atoms with Crippen molar-refractivity contribution in [2.75, 3.05) is 20.3 Å². The van der Waals surface area contributed by atoms with Crippen molar-refractivity contribution in [3.8, 4) is 0 Å². The lowest BCUT2D eigenvalue weighted by Gasteiger charge is -2.06. The molecular formula is C10H17N7O. The molecule has 0 fully saturated rings. The monoisotopic (exact) mass is 251 g/mol. The molecule has 2 aromatic heterocycles. The molecule has 0 bridgehead atoms. The zero-order valence-corrected chi connectivity index (χ0v) is 10.6. The molecule has 0 saturated carbocycles. The predicted molar refractivity (Wildman–Crippen MR) is 63.7 cm³/mol. The first-order valence-corrected chi connectivity index (χ1v) is 5.70. The third-order valence-corrected chi connectivity index (χ3v) is 2.56. The van der Waals surface area contributed by atoms with Crippen LogP contribution in [0.1, 0.15) is 11.6 Å². The van der Waals surface area contributed by atoms with Crippen LogP contribution in [0.5, 0.6) is 0 Å². The van der Waals surface area contributed by atoms with Crippen molar-refractivity contribution < 1.29 is 4.74 Å². The molecule has 2 aromatic rings. The largest absolute Gasteiger partial charge is 0.383 e. The summed E-state index contributed by atoms with van der Waals surface area (Å²) < 4.78 is 8.50. The van der Waals surface area contributed by atoms with E-state index >= 15 is 0 Å². The molecular weight excluding hydrogens is 234 g/mol. The van der Waals surface area contributed by atoms with E-state index in [9.17, 15) is 0 Å². The molecule has 0 unspecified atom stereocenters. The summed E-state index contributed by atoms with van der Waals surface area (Å²) in [5.41, 5.74) is 0. The lowest BCUT2D eigenvalue weighted by molar-refractivity contribution is 0.198. The molecule has 0 aromatic carbocycles. The Morgan fingerprint density at radius 1 is 1.22 bits per heavy atom. The Labute approximate surface area is 105 Å². The summed E-state index contributed by atoms with van der Waals surface area (Å²) in [6.45, 7) is 2.68. The molecule has 8 nitrogen and oxygen atoms in total. The van der Waals surface area contributed by atoms with Gasteiger partial charge in [0.05, 0.1) is 13.2 Å². The fraction of sp³-hybridized carbons (Fsp3) is 0.600. The van der Waals surface area contributed by atoms with Crippen LogP contribution in [0.4, 0.5) is 0 Å². The van der Waals surface area contributed by atoms with Gasteiger partial charge in [-0.25, -0.2) is 14.6 Å². The molecule has 2 rings (SSSR count). The lowest BCUT2D eigenvalue weighted by Crippen LogP contribution is -2.22. The predicted octanol–water partition coefficient (Wildman–Crippen LogP) is -0.809. The average Bonchev–Trinajstić information content (AvgIpc) is 2.96. The summed E-state index contributed by atoms with van der Waals surface area (Å²) >= 11 is 0. The number of aromatic nitrogens is 6. The van der Waals surface area contributed by atoms with E-state index in [0.717, 1.165) is 18.2 Å². The van der Waals surface area contributed by atoms with Gasteiger partial charge in [0.1, 0.15) is 30.8 Å². The van der Waals surface area contributed by atoms with Crippen LogP contribution in [0.2, 0.25) is 0 Å². The number of nitrogens with zero attached hydrogens (tertiary/aromatic N) is 6. The Morgan fingerprint density at radius 2 is 2.00 bits per heavy atom. The van der Waals surface area contributed by atoms with Crippen LogP contribution in [-0.4, -0.2) is 49.8 Å². The van der Waals surface area contributed by atoms with E-state index in [2.05, 4.69) is 25.5 Å². The summed E-state index contributed by atoms with van der Waals surface area (Å²) in [5, 5.41) is 11.4. The highest BCUT2D eigenvalue weighted by Gasteiger charge is 2.07. The first kappa shape index (κ1) is 12.7. The highest BCUT2D eigenvalue weighted by atomic mass is 16.5. The Bertz CT molecular complexity index is 478. The van der Waals surface area contributed by atoms with Crippen LogP contribution < -0.4 is 5.32 Å². The summed E-state index contributed by atoms with van der Waals surface area (Å²) in [4.78, 5) is 8.38. The number of hydrogen-bond acceptors (Lipinski definition) is 6. The maximum absolute atomic E-state index is 4.97. The standard InChI is InChI=1S/C10H17N7O/c1-16-10(13-7-14-16)6-17-9(12-8-15-17)5-11-3-4-18-2/h7-8,11H,3-6H2,1-2H3. The molecule has 1 N–H and O–H groups in total. The quantitative estimate of drug-likeness (QED) is 0.648. The Morgan fingerprint density at radius 3 is 2.72 bits per heavy atom. The van der Waals surface area contributed by atoms with E-state index in [1.807, 2.05) is 11.7 Å². The fourth-order valence-electron chi connectivity index (χ4n) is 1.53. The molecule has 98 valence electrons. The maximum Gasteiger partial charge on any atom is 0.148 e. The second-order valence-electron chi connectivity index (χ2n) is 3.80. The molecule has 8 heteroatoms. The number of hydrogen-bond donors (Lipinski definition) is 1. The van der Waals surface area contributed by atoms with E-state index in [1.54, 1.807) is 18.1 Å². The van der Waals surface area contributed by atoms with Gasteiger partial charge in [0, 0.05) is 20.7 Å². The minimum absolute atomic E-state index is 0.567. The van der Waals surface area contributed by atoms with Crippen molar-refractivity contribution in [2.45, 2.75) is 13.1 Å². The van der Waals surface area contributed by atoms with Crippen LogP contribution in [0.25, 0.3) is 0 Å². The van der Waals surface area contributed by atoms with Crippen molar-refractivity contribution in [1.82, 2.24) is 34.8 Å². The molecule has 0 aliphatic carbocycles. The number of nitrogens with one attached hydrogen (secondary N) is 1. The molecule has 18 heavy (non-hydrogen) atoms. The van der Waals surface area contributed by atoms with Crippen LogP contribution >= 0.6 is 0 Å². The Kier molecular flexibility index (Phi) is 4.37. The van der Waals surface area contributed by atoms with Gasteiger partial charge >= 0.3 is 0 Å². The molecule has 0 atom stereocenters. The van der Waals surface area contributed by atoms with Crippen LogP contribution in [0.15, 0.2) is 12.7 Å². The van der Waals surface area contributed by atoms with E-state index in [4.69, 9.17) is 4.74 Å². The molecule has 2 heterocycles. The lowest BCUT2D eigenvalue weighted by atomic mass is 10.5. The number of aryl methyl sites for hydroxylation is 1. The van der Waals surface area contributed by atoms with E-state index in [1.165, 1.54) is 6.33 Å². The van der Waals surface area contributed by atoms with Crippen molar-refractivity contribution in [1.29, 1.82) is 0 Å². The fourth-order valence-corrected chi connectivity index (χ4v) is 1.53. The summed E-state index contributed by atoms with van der Waals surface area (Å²) in [6, 6.07) is 0. The summed E-state index contributed by atoms with van der Waals surface area (Å²) in [7, 11) is 3.54. The average molecular weight is 251 g/mol. The first-order chi connectivity index (χ1) is 8.81. The Hall–Kier alpha value is -1.80. The molecule has 0 amide bonds. The molecule has 0 spiro atoms. The second kappa shape index (κ2) is 6.22. The highest BCUT2D eigenvalue weighted by Crippen LogP contribution is 1.99. The van der Waals surface area contributed by atoms with Gasteiger partial charge in [-0.3, -0.25) is 4.68 Å². The highest BCUT2D eigenvalue weighted by molar-refractivity contribution is 4.90. The van der Waals surface area contributed by atoms with Gasteiger partial charge in [-0.05, 0) is 0 Å². The Balaban J connectivity index is 1.93. The van der Waals surface area contributed by atoms with Gasteiger partial charge in [0.25, 0.3) is 0 Å². The smallest absolute Gasteiger partial charge is 0.148 e. The maximum atomic E-state index is 4.97. The third kappa shape index (κ3) is 3.11. The molecule has 0 radical (unpaired) electrons. The first-order valence-electron chi connectivity index (χ1n) is 5.70. The second-order valence-corrected chi connectivity index (χ2v) is 3.80. The van der Waals surface area contributed by atoms with Gasteiger partial charge in [-0.1, -0.05) is 0 Å². The summed E-state index contributed by atoms with van der Waals surface area (Å²) in [6.07, 6.45) is 3.08. The molecule has 0 aliphatic heterocycles. The SMILES string of the molecule is COCCNCc1ncnn1Cc1ncnn1C. The topological polar surface area (TPSA) is 82.7 Å². The van der Waals surface area contributed by atoms with Gasteiger partial charge in [-0.2, -0.15) is 10.2 Å². The third-order valence-electron chi connectivity index (χ3n) is 2.56. The van der Waals surface area contributed by atoms with Gasteiger partial charge in [0.15, 0.2) is 0 Å². The van der Waals surface area contributed by atoms with Crippen molar-refractivity contribution in [3.05, 3.63) is 24.3 Å². The van der Waals surface area contributed by atoms with Crippen LogP contribution in [-0.2, 0) is 24.9 Å². The van der Waals surface area contributed by atoms with Gasteiger partial charge in [-0.15, -0.1) is 0 Å². The van der Waals surface area contributed by atoms with Gasteiger partial charge < -0.3 is 10.1 Å². The zero-order chi connectivity index (χ0) is 12.8. The number of rotatable bonds is 7. The number of ether oxygens (including phenoxy) is 1. The van der Waals surface area contributed by atoms with Crippen molar-refractivity contribution in [3.63, 3.8) is 0 Å². The van der Waals surface area contributed by atoms with Crippen LogP contribution in [0.3, 0.4) is 0 Å². The zero-order valence-electron chi connectivity index (χ0n) is 10.6. The molecule has 0 aliphatic rings. The van der Waals surface area contributed by atoms with Gasteiger partial charge in [0.2, 0.25) is 0 Å². The normalized spacial score (nSPS) is 11.0. The van der Waals surface area contributed by atoms with Crippen molar-refractivity contribution >= 4 is 0 Å². The van der Waals surface area contributed by atoms with E-state index < -0.39 is 0 Å². The van der Waals surface area contributed by atoms with Crippen molar-refractivity contribution in [2.24, 2.45) is 7.05 Å². The molecule has 0 saturated heterocycles. The van der Waals surface area contributed by atoms with Crippen LogP contribution in [0, 0.1) is 0 Å². The number of methoxy groups -OCH3 is 1. The minimum atomic E-state index is 0.567. The summed E-state index contributed by atoms with van der Waals surface area (Å²) in [5.74, 6) is 1.72. The minimum Gasteiger partial charge on any atom is -0.383 e.